The number of ether oxygens (including phenoxy) is 9. The number of nitriles is 2. The zero-order valence-electron chi connectivity index (χ0n) is 61.5. The van der Waals surface area contributed by atoms with Crippen molar-refractivity contribution in [2.24, 2.45) is 17.8 Å². The molecule has 0 amide bonds. The predicted octanol–water partition coefficient (Wildman–Crippen LogP) is 10.5. The lowest BCUT2D eigenvalue weighted by Crippen LogP contribution is -2.52. The van der Waals surface area contributed by atoms with E-state index in [9.17, 15) is 41.2 Å². The minimum atomic E-state index is -1.91. The first-order valence-corrected chi connectivity index (χ1v) is 35.7. The Hall–Kier alpha value is -9.93. The number of aliphatic hydroxyl groups excluding tert-OH is 3. The van der Waals surface area contributed by atoms with Crippen LogP contribution in [-0.2, 0) is 33.6 Å². The summed E-state index contributed by atoms with van der Waals surface area (Å²) in [6.45, 7) is 1.52. The molecule has 0 unspecified atom stereocenters. The van der Waals surface area contributed by atoms with Crippen LogP contribution in [0.4, 0.5) is 0 Å². The molecule has 6 heterocycles. The molecule has 0 radical (unpaired) electrons. The molecule has 9 aromatic rings. The summed E-state index contributed by atoms with van der Waals surface area (Å²) in [6, 6.07) is 60.2. The van der Waals surface area contributed by atoms with Gasteiger partial charge in [-0.25, -0.2) is 0 Å². The molecule has 3 saturated carbocycles. The van der Waals surface area contributed by atoms with E-state index >= 15 is 0 Å². The van der Waals surface area contributed by atoms with Crippen LogP contribution < -0.4 is 42.6 Å². The highest BCUT2D eigenvalue weighted by Gasteiger charge is 2.80. The summed E-state index contributed by atoms with van der Waals surface area (Å²) in [5.41, 5.74) is -3.24. The van der Waals surface area contributed by atoms with Crippen LogP contribution in [0, 0.1) is 40.4 Å². The molecular weight excluding hydrogens is 1450 g/mol. The molecule has 572 valence electrons. The van der Waals surface area contributed by atoms with Crippen molar-refractivity contribution in [2.75, 3.05) is 105 Å². The van der Waals surface area contributed by atoms with E-state index in [1.54, 1.807) is 66.7 Å². The predicted molar refractivity (Wildman–Crippen MR) is 412 cm³/mol. The molecule has 15 rings (SSSR count). The SMILES string of the molecule is C.C.COc1cc2c(c(OC)n1)[C@]1(O)[C@H](O)[C@H](CN(C)C)[C@@H](c3ccccc3)[C@]1(c1ccc(Br)cc1)O2.COc1cc2c(c(OC)n1)[C@]1(O)[C@H](O)[C@H](CN(C)C)[C@@H](c3ccccc3)[C@]1(c1ccc(C#N)cc1)O2.COc1cc2c(c(OC)n1)[C@]1(O)[C@H](O)[C@H](CN(C)C)[C@@H](c3ccccc3)[C@]1(c1ccc(C#N)cc1)O2. The van der Waals surface area contributed by atoms with Crippen molar-refractivity contribution in [2.45, 2.75) is 84.5 Å². The molecule has 6 aliphatic rings. The molecule has 0 spiro atoms. The molecule has 3 aliphatic heterocycles. The maximum absolute atomic E-state index is 12.8. The Morgan fingerprint density at radius 2 is 0.642 bits per heavy atom. The molecule has 6 N–H and O–H groups in total. The van der Waals surface area contributed by atoms with E-state index in [4.69, 9.17) is 42.6 Å². The van der Waals surface area contributed by atoms with Crippen molar-refractivity contribution in [1.29, 1.82) is 10.5 Å². The van der Waals surface area contributed by atoms with Gasteiger partial charge in [-0.05, 0) is 112 Å². The summed E-state index contributed by atoms with van der Waals surface area (Å²) < 4.78 is 54.3. The molecule has 109 heavy (non-hydrogen) atoms. The highest BCUT2D eigenvalue weighted by atomic mass is 79.9. The second kappa shape index (κ2) is 31.2. The lowest BCUT2D eigenvalue weighted by atomic mass is 9.70. The molecule has 23 nitrogen and oxygen atoms in total. The van der Waals surface area contributed by atoms with Gasteiger partial charge in [0.05, 0.1) is 101 Å². The molecule has 6 aromatic carbocycles. The number of aromatic nitrogens is 3. The number of rotatable bonds is 18. The van der Waals surface area contributed by atoms with Crippen LogP contribution in [0.5, 0.6) is 52.5 Å². The first-order chi connectivity index (χ1) is 51.4. The second-order valence-corrected chi connectivity index (χ2v) is 29.5. The maximum atomic E-state index is 12.8. The fourth-order valence-corrected chi connectivity index (χ4v) is 18.4. The monoisotopic (exact) mass is 1550 g/mol. The Bertz CT molecular complexity index is 4590. The second-order valence-electron chi connectivity index (χ2n) is 28.6. The first kappa shape index (κ1) is 80.1. The summed E-state index contributed by atoms with van der Waals surface area (Å²) in [4.78, 5) is 19.3. The average molecular weight is 1550 g/mol. The zero-order valence-corrected chi connectivity index (χ0v) is 63.0. The van der Waals surface area contributed by atoms with E-state index in [-0.39, 0.29) is 61.3 Å². The Balaban J connectivity index is 0.000000161. The Kier molecular flexibility index (Phi) is 22.9. The van der Waals surface area contributed by atoms with Gasteiger partial charge in [0.2, 0.25) is 35.3 Å². The molecule has 0 saturated heterocycles. The van der Waals surface area contributed by atoms with Crippen molar-refractivity contribution < 1.29 is 73.3 Å². The summed E-state index contributed by atoms with van der Waals surface area (Å²) in [6.07, 6.45) is -3.64. The van der Waals surface area contributed by atoms with Crippen molar-refractivity contribution in [3.05, 3.63) is 248 Å². The van der Waals surface area contributed by atoms with Gasteiger partial charge in [-0.3, -0.25) is 0 Å². The highest BCUT2D eigenvalue weighted by Crippen LogP contribution is 2.73. The number of fused-ring (bicyclic) bond motifs is 9. The van der Waals surface area contributed by atoms with Crippen molar-refractivity contribution in [3.63, 3.8) is 0 Å². The van der Waals surface area contributed by atoms with E-state index in [1.165, 1.54) is 42.7 Å². The number of hydrogen-bond acceptors (Lipinski definition) is 23. The summed E-state index contributed by atoms with van der Waals surface area (Å²) in [5.74, 6) is -0.235. The zero-order chi connectivity index (χ0) is 76.3. The van der Waals surface area contributed by atoms with Crippen molar-refractivity contribution >= 4 is 15.9 Å². The van der Waals surface area contributed by atoms with Crippen LogP contribution in [0.25, 0.3) is 0 Å². The van der Waals surface area contributed by atoms with Gasteiger partial charge in [0.25, 0.3) is 0 Å². The van der Waals surface area contributed by atoms with E-state index in [1.807, 2.05) is 172 Å². The van der Waals surface area contributed by atoms with Crippen LogP contribution in [0.2, 0.25) is 0 Å². The van der Waals surface area contributed by atoms with Crippen LogP contribution in [0.1, 0.15) is 93.8 Å². The minimum Gasteiger partial charge on any atom is -0.481 e. The maximum Gasteiger partial charge on any atom is 0.226 e. The van der Waals surface area contributed by atoms with Gasteiger partial charge in [-0.2, -0.15) is 25.5 Å². The van der Waals surface area contributed by atoms with Crippen LogP contribution in [0.15, 0.2) is 186 Å². The third kappa shape index (κ3) is 12.4. The standard InChI is InChI=1S/2C28H29N3O5.C27H29BrN2O5.2CH4/c2*1-31(2)16-20-23(18-8-6-5-7-9-18)28(19-12-10-17(15-29)11-13-19)27(33,25(20)32)24-21(36-28)14-22(34-3)30-26(24)35-4;1-30(2)15-19-22(16-8-6-5-7-9-16)27(17-10-12-18(28)13-11-17)26(32,24(19)31)23-20(35-27)14-21(33-3)29-25(23)34-4;;/h2*5-14,20,23,25,32-33H,16H2,1-4H3;5-14,19,22,24,31-32H,15H2,1-4H3;2*1H4/t2*20-,23-,25-,27+,28+;19-,22-,24-,26+,27+;;/m111../s1. The normalized spacial score (nSPS) is 27.9. The molecule has 3 aliphatic carbocycles. The van der Waals surface area contributed by atoms with Gasteiger partial charge < -0.3 is 88.0 Å². The Morgan fingerprint density at radius 3 is 0.862 bits per heavy atom. The van der Waals surface area contributed by atoms with Gasteiger partial charge >= 0.3 is 0 Å². The third-order valence-electron chi connectivity index (χ3n) is 22.1. The van der Waals surface area contributed by atoms with Gasteiger partial charge in [0.1, 0.15) is 17.2 Å². The summed E-state index contributed by atoms with van der Waals surface area (Å²) >= 11 is 3.52. The highest BCUT2D eigenvalue weighted by molar-refractivity contribution is 9.10. The van der Waals surface area contributed by atoms with Gasteiger partial charge in [-0.15, -0.1) is 0 Å². The number of nitrogens with zero attached hydrogens (tertiary/aromatic N) is 8. The van der Waals surface area contributed by atoms with Crippen molar-refractivity contribution in [3.8, 4) is 64.7 Å². The number of methoxy groups -OCH3 is 6. The molecule has 0 bridgehead atoms. The summed E-state index contributed by atoms with van der Waals surface area (Å²) in [5, 5.41) is 93.0. The van der Waals surface area contributed by atoms with Gasteiger partial charge in [-0.1, -0.05) is 158 Å². The average Bonchev–Trinajstić information content (AvgIpc) is 1.51. The third-order valence-corrected chi connectivity index (χ3v) is 22.6. The number of pyridine rings is 3. The van der Waals surface area contributed by atoms with E-state index < -0.39 is 81.5 Å². The smallest absolute Gasteiger partial charge is 0.226 e. The number of halogens is 1. The fraction of sp³-hybridized carbons (Fsp3) is 0.376. The van der Waals surface area contributed by atoms with Gasteiger partial charge in [0, 0.05) is 77.8 Å². The lowest BCUT2D eigenvalue weighted by molar-refractivity contribution is -0.152. The Morgan fingerprint density at radius 1 is 0.394 bits per heavy atom. The number of benzene rings is 6. The lowest BCUT2D eigenvalue weighted by Gasteiger charge is -2.41. The van der Waals surface area contributed by atoms with E-state index in [0.717, 1.165) is 26.7 Å². The Labute approximate surface area is 645 Å². The van der Waals surface area contributed by atoms with Crippen molar-refractivity contribution in [1.82, 2.24) is 29.7 Å². The largest absolute Gasteiger partial charge is 0.481 e. The molecule has 3 fully saturated rings. The molecule has 3 aromatic heterocycles. The number of hydrogen-bond donors (Lipinski definition) is 6. The summed E-state index contributed by atoms with van der Waals surface area (Å²) in [7, 11) is 20.5. The fourth-order valence-electron chi connectivity index (χ4n) is 18.1. The van der Waals surface area contributed by atoms with E-state index in [0.29, 0.717) is 70.6 Å². The van der Waals surface area contributed by atoms with Crippen LogP contribution >= 0.6 is 15.9 Å². The van der Waals surface area contributed by atoms with Gasteiger partial charge in [0.15, 0.2) is 33.6 Å². The number of aliphatic hydroxyl groups is 6. The molecular formula is C85H95BrN8O15. The van der Waals surface area contributed by atoms with E-state index in [2.05, 4.69) is 43.0 Å². The first-order valence-electron chi connectivity index (χ1n) is 35.0. The minimum absolute atomic E-state index is 0. The van der Waals surface area contributed by atoms with Crippen LogP contribution in [0.3, 0.4) is 0 Å². The topological polar surface area (TPSA) is 300 Å². The molecule has 15 atom stereocenters. The quantitative estimate of drug-likeness (QED) is 0.0465. The van der Waals surface area contributed by atoms with Crippen LogP contribution in [-0.4, -0.2) is 183 Å². The molecule has 24 heteroatoms.